The highest BCUT2D eigenvalue weighted by molar-refractivity contribution is 5.96. The van der Waals surface area contributed by atoms with Crippen molar-refractivity contribution >= 4 is 5.91 Å². The number of aromatic nitrogens is 2. The maximum atomic E-state index is 14.2. The summed E-state index contributed by atoms with van der Waals surface area (Å²) in [5, 5.41) is 7.23. The number of morpholine rings is 1. The van der Waals surface area contributed by atoms with E-state index in [1.807, 2.05) is 18.2 Å². The molecule has 0 saturated carbocycles. The molecule has 1 aliphatic rings. The summed E-state index contributed by atoms with van der Waals surface area (Å²) in [6.07, 6.45) is -0.124. The molecular formula is C24H26F2N4O2. The van der Waals surface area contributed by atoms with E-state index in [1.54, 1.807) is 13.8 Å². The quantitative estimate of drug-likeness (QED) is 0.638. The number of carbonyl (C=O) groups excluding carboxylic acids is 1. The molecule has 0 unspecified atom stereocenters. The van der Waals surface area contributed by atoms with Crippen molar-refractivity contribution in [3.63, 3.8) is 0 Å². The average molecular weight is 440 g/mol. The van der Waals surface area contributed by atoms with E-state index in [9.17, 15) is 13.6 Å². The second-order valence-electron chi connectivity index (χ2n) is 7.98. The molecule has 0 spiro atoms. The molecule has 8 heteroatoms. The first-order valence-corrected chi connectivity index (χ1v) is 10.6. The first-order valence-electron chi connectivity index (χ1n) is 10.6. The number of halogens is 2. The van der Waals surface area contributed by atoms with Gasteiger partial charge >= 0.3 is 0 Å². The van der Waals surface area contributed by atoms with Crippen LogP contribution in [0.1, 0.15) is 27.3 Å². The number of hydrogen-bond donors (Lipinski definition) is 1. The highest BCUT2D eigenvalue weighted by atomic mass is 19.1. The van der Waals surface area contributed by atoms with Gasteiger partial charge in [0, 0.05) is 32.2 Å². The van der Waals surface area contributed by atoms with E-state index in [1.165, 1.54) is 16.3 Å². The molecule has 1 fully saturated rings. The number of nitrogens with zero attached hydrogens (tertiary/aromatic N) is 3. The molecule has 1 aliphatic heterocycles. The predicted molar refractivity (Wildman–Crippen MR) is 117 cm³/mol. The summed E-state index contributed by atoms with van der Waals surface area (Å²) in [5.74, 6) is -1.70. The summed E-state index contributed by atoms with van der Waals surface area (Å²) >= 11 is 0. The number of aryl methyl sites for hydroxylation is 1. The highest BCUT2D eigenvalue weighted by Crippen LogP contribution is 2.21. The minimum Gasteiger partial charge on any atom is -0.374 e. The van der Waals surface area contributed by atoms with Gasteiger partial charge in [0.05, 0.1) is 29.7 Å². The zero-order chi connectivity index (χ0) is 22.7. The highest BCUT2D eigenvalue weighted by Gasteiger charge is 2.24. The SMILES string of the molecule is Cc1nn(-c2ccc(F)cc2F)c(C)c1C(=O)NC[C@H]1CN(Cc2ccccc2)CCO1. The Bertz CT molecular complexity index is 1100. The minimum atomic E-state index is -0.739. The lowest BCUT2D eigenvalue weighted by Crippen LogP contribution is -2.47. The summed E-state index contributed by atoms with van der Waals surface area (Å²) in [7, 11) is 0. The van der Waals surface area contributed by atoms with Gasteiger partial charge in [0.2, 0.25) is 0 Å². The van der Waals surface area contributed by atoms with Crippen LogP contribution in [0.15, 0.2) is 48.5 Å². The zero-order valence-corrected chi connectivity index (χ0v) is 18.1. The lowest BCUT2D eigenvalue weighted by Gasteiger charge is -2.33. The van der Waals surface area contributed by atoms with Crippen LogP contribution in [0.5, 0.6) is 0 Å². The summed E-state index contributed by atoms with van der Waals surface area (Å²) in [6.45, 7) is 6.74. The van der Waals surface area contributed by atoms with Gasteiger partial charge in [0.15, 0.2) is 5.82 Å². The molecule has 4 rings (SSSR count). The normalized spacial score (nSPS) is 16.8. The van der Waals surface area contributed by atoms with Crippen molar-refractivity contribution in [2.75, 3.05) is 26.2 Å². The summed E-state index contributed by atoms with van der Waals surface area (Å²) < 4.78 is 34.6. The van der Waals surface area contributed by atoms with Gasteiger partial charge in [0.25, 0.3) is 5.91 Å². The number of benzene rings is 2. The van der Waals surface area contributed by atoms with Crippen molar-refractivity contribution in [2.24, 2.45) is 0 Å². The number of nitrogens with one attached hydrogen (secondary N) is 1. The van der Waals surface area contributed by atoms with E-state index in [0.717, 1.165) is 25.2 Å². The molecule has 1 aromatic heterocycles. The summed E-state index contributed by atoms with van der Waals surface area (Å²) in [5.41, 5.74) is 2.67. The molecule has 0 radical (unpaired) electrons. The second-order valence-corrected chi connectivity index (χ2v) is 7.98. The molecule has 1 amide bonds. The van der Waals surface area contributed by atoms with Crippen LogP contribution in [0.3, 0.4) is 0 Å². The maximum Gasteiger partial charge on any atom is 0.255 e. The third-order valence-corrected chi connectivity index (χ3v) is 5.62. The largest absolute Gasteiger partial charge is 0.374 e. The average Bonchev–Trinajstić information content (AvgIpc) is 3.07. The maximum absolute atomic E-state index is 14.2. The van der Waals surface area contributed by atoms with Gasteiger partial charge in [-0.05, 0) is 31.5 Å². The van der Waals surface area contributed by atoms with Crippen LogP contribution in [0.25, 0.3) is 5.69 Å². The van der Waals surface area contributed by atoms with Gasteiger partial charge in [-0.15, -0.1) is 0 Å². The molecule has 1 N–H and O–H groups in total. The molecule has 3 aromatic rings. The number of ether oxygens (including phenoxy) is 1. The van der Waals surface area contributed by atoms with E-state index < -0.39 is 11.6 Å². The van der Waals surface area contributed by atoms with Gasteiger partial charge in [-0.1, -0.05) is 30.3 Å². The fourth-order valence-electron chi connectivity index (χ4n) is 4.04. The monoisotopic (exact) mass is 440 g/mol. The fourth-order valence-corrected chi connectivity index (χ4v) is 4.04. The van der Waals surface area contributed by atoms with Crippen LogP contribution in [0.4, 0.5) is 8.78 Å². The Morgan fingerprint density at radius 2 is 1.97 bits per heavy atom. The Hall–Kier alpha value is -3.10. The topological polar surface area (TPSA) is 59.4 Å². The standard InChI is InChI=1S/C24H26F2N4O2/c1-16-23(17(2)30(28-16)22-9-8-19(25)12-21(22)26)24(31)27-13-20-15-29(10-11-32-20)14-18-6-4-3-5-7-18/h3-9,12,20H,10-11,13-15H2,1-2H3,(H,27,31)/t20-/m0/s1. The first kappa shape index (κ1) is 22.1. The van der Waals surface area contributed by atoms with Crippen molar-refractivity contribution in [3.05, 3.63) is 82.7 Å². The van der Waals surface area contributed by atoms with E-state index in [0.29, 0.717) is 36.6 Å². The van der Waals surface area contributed by atoms with Gasteiger partial charge in [-0.2, -0.15) is 5.10 Å². The fraction of sp³-hybridized carbons (Fsp3) is 0.333. The second kappa shape index (κ2) is 9.58. The minimum absolute atomic E-state index is 0.0956. The van der Waals surface area contributed by atoms with Crippen LogP contribution in [-0.2, 0) is 11.3 Å². The van der Waals surface area contributed by atoms with Gasteiger partial charge in [-0.3, -0.25) is 9.69 Å². The van der Waals surface area contributed by atoms with E-state index >= 15 is 0 Å². The molecule has 32 heavy (non-hydrogen) atoms. The molecule has 2 heterocycles. The summed E-state index contributed by atoms with van der Waals surface area (Å²) in [4.78, 5) is 15.2. The van der Waals surface area contributed by atoms with Crippen molar-refractivity contribution in [2.45, 2.75) is 26.5 Å². The Morgan fingerprint density at radius 3 is 2.72 bits per heavy atom. The third kappa shape index (κ3) is 4.87. The molecule has 6 nitrogen and oxygen atoms in total. The van der Waals surface area contributed by atoms with Crippen molar-refractivity contribution < 1.29 is 18.3 Å². The van der Waals surface area contributed by atoms with E-state index in [4.69, 9.17) is 4.74 Å². The number of amides is 1. The number of carbonyl (C=O) groups is 1. The zero-order valence-electron chi connectivity index (χ0n) is 18.1. The Balaban J connectivity index is 1.40. The van der Waals surface area contributed by atoms with E-state index in [2.05, 4.69) is 27.4 Å². The predicted octanol–water partition coefficient (Wildman–Crippen LogP) is 3.40. The Kier molecular flexibility index (Phi) is 6.62. The van der Waals surface area contributed by atoms with E-state index in [-0.39, 0.29) is 17.7 Å². The van der Waals surface area contributed by atoms with Crippen molar-refractivity contribution in [1.29, 1.82) is 0 Å². The van der Waals surface area contributed by atoms with Crippen molar-refractivity contribution in [1.82, 2.24) is 20.0 Å². The molecule has 2 aromatic carbocycles. The molecule has 168 valence electrons. The van der Waals surface area contributed by atoms with Crippen LogP contribution < -0.4 is 5.32 Å². The van der Waals surface area contributed by atoms with Crippen LogP contribution >= 0.6 is 0 Å². The van der Waals surface area contributed by atoms with Gasteiger partial charge in [0.1, 0.15) is 11.5 Å². The Labute approximate surface area is 185 Å². The summed E-state index contributed by atoms with van der Waals surface area (Å²) in [6, 6.07) is 13.5. The molecule has 1 atom stereocenters. The molecule has 1 saturated heterocycles. The molecule has 0 aliphatic carbocycles. The van der Waals surface area contributed by atoms with Crippen LogP contribution in [0, 0.1) is 25.5 Å². The van der Waals surface area contributed by atoms with Crippen LogP contribution in [-0.4, -0.2) is 52.9 Å². The third-order valence-electron chi connectivity index (χ3n) is 5.62. The lowest BCUT2D eigenvalue weighted by atomic mass is 10.1. The van der Waals surface area contributed by atoms with Crippen LogP contribution in [0.2, 0.25) is 0 Å². The molecular weight excluding hydrogens is 414 g/mol. The number of rotatable bonds is 6. The Morgan fingerprint density at radius 1 is 1.19 bits per heavy atom. The number of hydrogen-bond acceptors (Lipinski definition) is 4. The molecule has 0 bridgehead atoms. The lowest BCUT2D eigenvalue weighted by molar-refractivity contribution is -0.0292. The van der Waals surface area contributed by atoms with Gasteiger partial charge < -0.3 is 10.1 Å². The smallest absolute Gasteiger partial charge is 0.255 e. The van der Waals surface area contributed by atoms with Gasteiger partial charge in [-0.25, -0.2) is 13.5 Å². The first-order chi connectivity index (χ1) is 15.4. The van der Waals surface area contributed by atoms with Crippen molar-refractivity contribution in [3.8, 4) is 5.69 Å².